The van der Waals surface area contributed by atoms with Crippen LogP contribution in [0.5, 0.6) is 0 Å². The van der Waals surface area contributed by atoms with Crippen LogP contribution in [0, 0.1) is 6.92 Å². The Labute approximate surface area is 131 Å². The van der Waals surface area contributed by atoms with Crippen molar-refractivity contribution in [1.29, 1.82) is 0 Å². The molecule has 1 aromatic carbocycles. The molecular formula is C16H22ClNO3. The number of carbonyl (C=O) groups excluding carboxylic acids is 2. The van der Waals surface area contributed by atoms with E-state index < -0.39 is 11.7 Å². The lowest BCUT2D eigenvalue weighted by molar-refractivity contribution is -0.116. The summed E-state index contributed by atoms with van der Waals surface area (Å²) in [5, 5.41) is 0. The first-order chi connectivity index (χ1) is 9.74. The molecule has 0 unspecified atom stereocenters. The molecule has 5 heteroatoms. The van der Waals surface area contributed by atoms with Crippen LogP contribution in [0.4, 0.5) is 10.5 Å². The Balaban J connectivity index is 2.97. The smallest absolute Gasteiger partial charge is 0.414 e. The van der Waals surface area contributed by atoms with Gasteiger partial charge in [-0.3, -0.25) is 9.69 Å². The molecule has 0 aliphatic heterocycles. The monoisotopic (exact) mass is 311 g/mol. The number of para-hydroxylation sites is 1. The fraction of sp³-hybridized carbons (Fsp3) is 0.500. The number of hydrogen-bond donors (Lipinski definition) is 0. The van der Waals surface area contributed by atoms with Crippen molar-refractivity contribution in [3.8, 4) is 0 Å². The number of halogens is 1. The summed E-state index contributed by atoms with van der Waals surface area (Å²) in [5.41, 5.74) is 1.10. The quantitative estimate of drug-likeness (QED) is 0.774. The first-order valence-electron chi connectivity index (χ1n) is 6.88. The standard InChI is InChI=1S/C16H22ClNO3/c1-12-7-5-6-8-14(12)18(10-9-13(19)11-17)15(20)21-16(2,3)4/h5-8H,9-11H2,1-4H3. The second-order valence-corrected chi connectivity index (χ2v) is 6.11. The molecule has 0 atom stereocenters. The lowest BCUT2D eigenvalue weighted by Crippen LogP contribution is -2.38. The van der Waals surface area contributed by atoms with Gasteiger partial charge in [0, 0.05) is 18.7 Å². The molecule has 0 aliphatic carbocycles. The van der Waals surface area contributed by atoms with Crippen molar-refractivity contribution in [2.45, 2.75) is 39.7 Å². The number of benzene rings is 1. The number of ketones is 1. The van der Waals surface area contributed by atoms with Crippen LogP contribution < -0.4 is 4.90 Å². The van der Waals surface area contributed by atoms with E-state index in [1.807, 2.05) is 52.0 Å². The molecule has 0 aromatic heterocycles. The molecule has 0 saturated heterocycles. The SMILES string of the molecule is Cc1ccccc1N(CCC(=O)CCl)C(=O)OC(C)(C)C. The maximum absolute atomic E-state index is 12.4. The van der Waals surface area contributed by atoms with E-state index in [0.717, 1.165) is 11.3 Å². The molecule has 1 rings (SSSR count). The average Bonchev–Trinajstić information content (AvgIpc) is 2.38. The molecule has 1 amide bonds. The van der Waals surface area contributed by atoms with Crippen LogP contribution in [0.25, 0.3) is 0 Å². The van der Waals surface area contributed by atoms with Gasteiger partial charge in [-0.2, -0.15) is 0 Å². The minimum absolute atomic E-state index is 0.0457. The second kappa shape index (κ2) is 7.46. The summed E-state index contributed by atoms with van der Waals surface area (Å²) in [6.07, 6.45) is -0.254. The van der Waals surface area contributed by atoms with Gasteiger partial charge >= 0.3 is 6.09 Å². The van der Waals surface area contributed by atoms with Gasteiger partial charge in [-0.1, -0.05) is 18.2 Å². The van der Waals surface area contributed by atoms with Gasteiger partial charge in [-0.15, -0.1) is 11.6 Å². The van der Waals surface area contributed by atoms with E-state index in [2.05, 4.69) is 0 Å². The summed E-state index contributed by atoms with van der Waals surface area (Å²) < 4.78 is 5.42. The minimum atomic E-state index is -0.589. The largest absolute Gasteiger partial charge is 0.443 e. The summed E-state index contributed by atoms with van der Waals surface area (Å²) in [5.74, 6) is -0.144. The number of hydrogen-bond acceptors (Lipinski definition) is 3. The highest BCUT2D eigenvalue weighted by molar-refractivity contribution is 6.27. The molecule has 0 N–H and O–H groups in total. The Kier molecular flexibility index (Phi) is 6.21. The first kappa shape index (κ1) is 17.5. The fourth-order valence-electron chi connectivity index (χ4n) is 1.80. The van der Waals surface area contributed by atoms with E-state index in [-0.39, 0.29) is 24.6 Å². The number of carbonyl (C=O) groups is 2. The molecule has 0 bridgehead atoms. The summed E-state index contributed by atoms with van der Waals surface area (Å²) >= 11 is 5.51. The van der Waals surface area contributed by atoms with Crippen LogP contribution in [-0.4, -0.2) is 29.9 Å². The predicted molar refractivity (Wildman–Crippen MR) is 85.1 cm³/mol. The van der Waals surface area contributed by atoms with Gasteiger partial charge in [0.25, 0.3) is 0 Å². The maximum atomic E-state index is 12.4. The van der Waals surface area contributed by atoms with E-state index >= 15 is 0 Å². The molecule has 1 aromatic rings. The Morgan fingerprint density at radius 2 is 1.86 bits per heavy atom. The van der Waals surface area contributed by atoms with Crippen molar-refractivity contribution in [3.63, 3.8) is 0 Å². The van der Waals surface area contributed by atoms with Gasteiger partial charge in [0.15, 0.2) is 0 Å². The van der Waals surface area contributed by atoms with Gasteiger partial charge in [0.1, 0.15) is 11.4 Å². The Morgan fingerprint density at radius 3 is 2.38 bits per heavy atom. The summed E-state index contributed by atoms with van der Waals surface area (Å²) in [6.45, 7) is 7.60. The molecule has 0 heterocycles. The molecule has 21 heavy (non-hydrogen) atoms. The highest BCUT2D eigenvalue weighted by Crippen LogP contribution is 2.22. The third-order valence-corrected chi connectivity index (χ3v) is 3.08. The topological polar surface area (TPSA) is 46.6 Å². The highest BCUT2D eigenvalue weighted by atomic mass is 35.5. The Bertz CT molecular complexity index is 508. The van der Waals surface area contributed by atoms with Crippen molar-refractivity contribution in [2.24, 2.45) is 0 Å². The summed E-state index contributed by atoms with van der Waals surface area (Å²) in [6, 6.07) is 7.50. The number of anilines is 1. The van der Waals surface area contributed by atoms with Gasteiger partial charge in [0.05, 0.1) is 5.88 Å². The van der Waals surface area contributed by atoms with Gasteiger partial charge < -0.3 is 4.74 Å². The zero-order chi connectivity index (χ0) is 16.0. The van der Waals surface area contributed by atoms with Crippen molar-refractivity contribution in [1.82, 2.24) is 0 Å². The summed E-state index contributed by atoms with van der Waals surface area (Å²) in [7, 11) is 0. The van der Waals surface area contributed by atoms with Crippen LogP contribution in [0.1, 0.15) is 32.8 Å². The number of amides is 1. The van der Waals surface area contributed by atoms with Crippen LogP contribution in [0.2, 0.25) is 0 Å². The third kappa shape index (κ3) is 5.76. The van der Waals surface area contributed by atoms with Gasteiger partial charge in [-0.05, 0) is 39.3 Å². The van der Waals surface area contributed by atoms with E-state index in [4.69, 9.17) is 16.3 Å². The number of Topliss-reactive ketones (excluding diaryl/α,β-unsaturated/α-hetero) is 1. The van der Waals surface area contributed by atoms with Crippen molar-refractivity contribution in [2.75, 3.05) is 17.3 Å². The molecule has 116 valence electrons. The van der Waals surface area contributed by atoms with E-state index in [1.54, 1.807) is 0 Å². The predicted octanol–water partition coefficient (Wildman–Crippen LogP) is 3.93. The van der Waals surface area contributed by atoms with E-state index in [9.17, 15) is 9.59 Å². The Morgan fingerprint density at radius 1 is 1.24 bits per heavy atom. The van der Waals surface area contributed by atoms with Crippen molar-refractivity contribution in [3.05, 3.63) is 29.8 Å². The molecule has 0 fully saturated rings. The second-order valence-electron chi connectivity index (χ2n) is 5.84. The number of rotatable bonds is 5. The van der Waals surface area contributed by atoms with Gasteiger partial charge in [-0.25, -0.2) is 4.79 Å². The molecule has 0 saturated carbocycles. The zero-order valence-corrected chi connectivity index (χ0v) is 13.7. The molecule has 0 radical (unpaired) electrons. The molecule has 0 spiro atoms. The number of aryl methyl sites for hydroxylation is 1. The number of nitrogens with zero attached hydrogens (tertiary/aromatic N) is 1. The highest BCUT2D eigenvalue weighted by Gasteiger charge is 2.24. The lowest BCUT2D eigenvalue weighted by Gasteiger charge is -2.28. The zero-order valence-electron chi connectivity index (χ0n) is 13.0. The van der Waals surface area contributed by atoms with Crippen molar-refractivity contribution < 1.29 is 14.3 Å². The van der Waals surface area contributed by atoms with E-state index in [1.165, 1.54) is 4.90 Å². The fourth-order valence-corrected chi connectivity index (χ4v) is 1.93. The van der Waals surface area contributed by atoms with Crippen LogP contribution in [-0.2, 0) is 9.53 Å². The molecule has 0 aliphatic rings. The van der Waals surface area contributed by atoms with Crippen LogP contribution >= 0.6 is 11.6 Å². The average molecular weight is 312 g/mol. The third-order valence-electron chi connectivity index (χ3n) is 2.78. The molecular weight excluding hydrogens is 290 g/mol. The Hall–Kier alpha value is -1.55. The minimum Gasteiger partial charge on any atom is -0.443 e. The number of alkyl halides is 1. The summed E-state index contributed by atoms with van der Waals surface area (Å²) in [4.78, 5) is 25.3. The van der Waals surface area contributed by atoms with Crippen LogP contribution in [0.15, 0.2) is 24.3 Å². The maximum Gasteiger partial charge on any atom is 0.414 e. The lowest BCUT2D eigenvalue weighted by atomic mass is 10.1. The number of ether oxygens (including phenoxy) is 1. The normalized spacial score (nSPS) is 11.1. The molecule has 4 nitrogen and oxygen atoms in total. The van der Waals surface area contributed by atoms with Gasteiger partial charge in [0.2, 0.25) is 0 Å². The van der Waals surface area contributed by atoms with Crippen molar-refractivity contribution >= 4 is 29.2 Å². The van der Waals surface area contributed by atoms with Crippen LogP contribution in [0.3, 0.4) is 0 Å². The van der Waals surface area contributed by atoms with E-state index in [0.29, 0.717) is 0 Å². The first-order valence-corrected chi connectivity index (χ1v) is 7.42.